The van der Waals surface area contributed by atoms with E-state index >= 15 is 0 Å². The lowest BCUT2D eigenvalue weighted by molar-refractivity contribution is -0.121. The quantitative estimate of drug-likeness (QED) is 0.786. The number of amides is 3. The van der Waals surface area contributed by atoms with Gasteiger partial charge in [-0.15, -0.1) is 0 Å². The monoisotopic (exact) mass is 372 g/mol. The molecule has 1 unspecified atom stereocenters. The first-order chi connectivity index (χ1) is 13.1. The number of likely N-dealkylation sites (tertiary alicyclic amines) is 1. The Bertz CT molecular complexity index is 689. The fraction of sp³-hybridized carbons (Fsp3) is 0.550. The van der Waals surface area contributed by atoms with Crippen molar-refractivity contribution >= 4 is 23.4 Å². The van der Waals surface area contributed by atoms with Gasteiger partial charge in [0.2, 0.25) is 11.8 Å². The Morgan fingerprint density at radius 2 is 1.89 bits per heavy atom. The Morgan fingerprint density at radius 3 is 2.56 bits per heavy atom. The number of rotatable bonds is 6. The Balaban J connectivity index is 1.65. The molecule has 2 fully saturated rings. The number of anilines is 1. The van der Waals surface area contributed by atoms with Crippen molar-refractivity contribution < 1.29 is 14.4 Å². The molecule has 0 aromatic heterocycles. The summed E-state index contributed by atoms with van der Waals surface area (Å²) in [6.45, 7) is 2.22. The van der Waals surface area contributed by atoms with E-state index in [1.807, 2.05) is 17.0 Å². The lowest BCUT2D eigenvalue weighted by Crippen LogP contribution is -2.49. The van der Waals surface area contributed by atoms with Gasteiger partial charge in [0.25, 0.3) is 5.91 Å². The predicted octanol–water partition coefficient (Wildman–Crippen LogP) is 1.27. The van der Waals surface area contributed by atoms with Gasteiger partial charge in [0.15, 0.2) is 0 Å². The van der Waals surface area contributed by atoms with Crippen LogP contribution in [-0.2, 0) is 9.59 Å². The van der Waals surface area contributed by atoms with Crippen molar-refractivity contribution in [3.8, 4) is 0 Å². The summed E-state index contributed by atoms with van der Waals surface area (Å²) < 4.78 is 0. The van der Waals surface area contributed by atoms with E-state index < -0.39 is 0 Å². The van der Waals surface area contributed by atoms with Crippen LogP contribution in [0.3, 0.4) is 0 Å². The van der Waals surface area contributed by atoms with Crippen LogP contribution in [0.25, 0.3) is 0 Å². The summed E-state index contributed by atoms with van der Waals surface area (Å²) in [5.74, 6) is 0.0422. The molecule has 0 radical (unpaired) electrons. The van der Waals surface area contributed by atoms with E-state index in [9.17, 15) is 14.4 Å². The van der Waals surface area contributed by atoms with Crippen LogP contribution in [0, 0.1) is 0 Å². The van der Waals surface area contributed by atoms with Gasteiger partial charge in [0, 0.05) is 56.3 Å². The fourth-order valence-corrected chi connectivity index (χ4v) is 3.80. The highest BCUT2D eigenvalue weighted by Crippen LogP contribution is 2.24. The first kappa shape index (κ1) is 19.4. The molecule has 3 amide bonds. The second kappa shape index (κ2) is 8.99. The van der Waals surface area contributed by atoms with Gasteiger partial charge in [-0.2, -0.15) is 0 Å². The van der Waals surface area contributed by atoms with Crippen molar-refractivity contribution in [2.24, 2.45) is 5.73 Å². The zero-order valence-corrected chi connectivity index (χ0v) is 15.7. The summed E-state index contributed by atoms with van der Waals surface area (Å²) in [5, 5.41) is 2.88. The van der Waals surface area contributed by atoms with E-state index in [-0.39, 0.29) is 23.8 Å². The molecule has 7 nitrogen and oxygen atoms in total. The standard InChI is InChI=1S/C20H28N4O3/c21-11-10-18(25)22-14-17-4-1-2-12-24(17)20(27)15-6-8-16(9-7-15)23-13-3-5-19(23)26/h6-9,17H,1-5,10-14,21H2,(H,22,25). The van der Waals surface area contributed by atoms with Crippen LogP contribution in [0.1, 0.15) is 48.9 Å². The molecule has 1 atom stereocenters. The van der Waals surface area contributed by atoms with Crippen LogP contribution in [0.5, 0.6) is 0 Å². The van der Waals surface area contributed by atoms with E-state index in [1.165, 1.54) is 0 Å². The van der Waals surface area contributed by atoms with Crippen LogP contribution in [0.15, 0.2) is 24.3 Å². The zero-order chi connectivity index (χ0) is 19.2. The van der Waals surface area contributed by atoms with Crippen LogP contribution < -0.4 is 16.0 Å². The first-order valence-electron chi connectivity index (χ1n) is 9.78. The summed E-state index contributed by atoms with van der Waals surface area (Å²) >= 11 is 0. The molecule has 3 N–H and O–H groups in total. The number of nitrogens with zero attached hydrogens (tertiary/aromatic N) is 2. The maximum absolute atomic E-state index is 13.0. The molecule has 7 heteroatoms. The molecule has 1 aromatic rings. The molecule has 3 rings (SSSR count). The highest BCUT2D eigenvalue weighted by Gasteiger charge is 2.28. The lowest BCUT2D eigenvalue weighted by Gasteiger charge is -2.36. The molecule has 2 heterocycles. The maximum Gasteiger partial charge on any atom is 0.254 e. The van der Waals surface area contributed by atoms with E-state index in [0.29, 0.717) is 38.0 Å². The number of carbonyl (C=O) groups excluding carboxylic acids is 3. The van der Waals surface area contributed by atoms with Crippen LogP contribution in [0.4, 0.5) is 5.69 Å². The van der Waals surface area contributed by atoms with Gasteiger partial charge in [0.05, 0.1) is 0 Å². The van der Waals surface area contributed by atoms with Gasteiger partial charge in [0.1, 0.15) is 0 Å². The number of piperidine rings is 1. The van der Waals surface area contributed by atoms with Gasteiger partial charge in [-0.25, -0.2) is 0 Å². The third kappa shape index (κ3) is 4.66. The molecule has 27 heavy (non-hydrogen) atoms. The topological polar surface area (TPSA) is 95.7 Å². The average Bonchev–Trinajstić information content (AvgIpc) is 3.12. The molecule has 0 aliphatic carbocycles. The molecule has 2 aliphatic heterocycles. The molecule has 0 bridgehead atoms. The van der Waals surface area contributed by atoms with Crippen molar-refractivity contribution in [1.29, 1.82) is 0 Å². The van der Waals surface area contributed by atoms with Gasteiger partial charge < -0.3 is 20.9 Å². The Morgan fingerprint density at radius 1 is 1.11 bits per heavy atom. The highest BCUT2D eigenvalue weighted by molar-refractivity contribution is 5.97. The maximum atomic E-state index is 13.0. The Labute approximate surface area is 159 Å². The number of hydrogen-bond acceptors (Lipinski definition) is 4. The number of nitrogens with two attached hydrogens (primary N) is 1. The van der Waals surface area contributed by atoms with Crippen LogP contribution >= 0.6 is 0 Å². The van der Waals surface area contributed by atoms with Crippen molar-refractivity contribution in [2.45, 2.75) is 44.6 Å². The fourth-order valence-electron chi connectivity index (χ4n) is 3.80. The Hall–Kier alpha value is -2.41. The Kier molecular flexibility index (Phi) is 6.45. The number of hydrogen-bond donors (Lipinski definition) is 2. The molecule has 2 saturated heterocycles. The number of carbonyl (C=O) groups is 3. The highest BCUT2D eigenvalue weighted by atomic mass is 16.2. The van der Waals surface area contributed by atoms with Crippen LogP contribution in [0.2, 0.25) is 0 Å². The SMILES string of the molecule is NCCC(=O)NCC1CCCCN1C(=O)c1ccc(N2CCCC2=O)cc1. The largest absolute Gasteiger partial charge is 0.354 e. The third-order valence-corrected chi connectivity index (χ3v) is 5.29. The second-order valence-corrected chi connectivity index (χ2v) is 7.19. The van der Waals surface area contributed by atoms with Crippen molar-refractivity contribution in [1.82, 2.24) is 10.2 Å². The minimum Gasteiger partial charge on any atom is -0.354 e. The van der Waals surface area contributed by atoms with Crippen LogP contribution in [-0.4, -0.2) is 54.8 Å². The van der Waals surface area contributed by atoms with Gasteiger partial charge >= 0.3 is 0 Å². The second-order valence-electron chi connectivity index (χ2n) is 7.19. The van der Waals surface area contributed by atoms with Gasteiger partial charge in [-0.05, 0) is 49.9 Å². The van der Waals surface area contributed by atoms with Gasteiger partial charge in [-0.1, -0.05) is 0 Å². The van der Waals surface area contributed by atoms with E-state index in [2.05, 4.69) is 5.32 Å². The molecule has 1 aromatic carbocycles. The summed E-state index contributed by atoms with van der Waals surface area (Å²) in [6, 6.07) is 7.29. The van der Waals surface area contributed by atoms with Crippen molar-refractivity contribution in [3.05, 3.63) is 29.8 Å². The third-order valence-electron chi connectivity index (χ3n) is 5.29. The smallest absolute Gasteiger partial charge is 0.254 e. The molecule has 2 aliphatic rings. The molecule has 0 saturated carbocycles. The minimum absolute atomic E-state index is 0.00723. The summed E-state index contributed by atoms with van der Waals surface area (Å²) in [5.41, 5.74) is 6.87. The minimum atomic E-state index is -0.0740. The normalized spacial score (nSPS) is 20.0. The first-order valence-corrected chi connectivity index (χ1v) is 9.78. The molecular weight excluding hydrogens is 344 g/mol. The van der Waals surface area contributed by atoms with E-state index in [1.54, 1.807) is 17.0 Å². The summed E-state index contributed by atoms with van der Waals surface area (Å²) in [7, 11) is 0. The molecule has 0 spiro atoms. The predicted molar refractivity (Wildman–Crippen MR) is 103 cm³/mol. The van der Waals surface area contributed by atoms with E-state index in [0.717, 1.165) is 37.9 Å². The summed E-state index contributed by atoms with van der Waals surface area (Å²) in [4.78, 5) is 40.2. The lowest BCUT2D eigenvalue weighted by atomic mass is 10.0. The molecular formula is C20H28N4O3. The van der Waals surface area contributed by atoms with Gasteiger partial charge in [-0.3, -0.25) is 14.4 Å². The van der Waals surface area contributed by atoms with Crippen molar-refractivity contribution in [2.75, 3.05) is 31.1 Å². The zero-order valence-electron chi connectivity index (χ0n) is 15.7. The summed E-state index contributed by atoms with van der Waals surface area (Å²) in [6.07, 6.45) is 4.68. The average molecular weight is 372 g/mol. The molecule has 146 valence electrons. The van der Waals surface area contributed by atoms with Crippen molar-refractivity contribution in [3.63, 3.8) is 0 Å². The number of benzene rings is 1. The number of nitrogens with one attached hydrogen (secondary N) is 1. The van der Waals surface area contributed by atoms with E-state index in [4.69, 9.17) is 5.73 Å².